The van der Waals surface area contributed by atoms with E-state index in [-0.39, 0.29) is 43.0 Å². The van der Waals surface area contributed by atoms with Gasteiger partial charge in [-0.3, -0.25) is 9.59 Å². The molecule has 0 fully saturated rings. The molecule has 0 spiro atoms. The van der Waals surface area contributed by atoms with Crippen LogP contribution < -0.4 is 10.2 Å². The van der Waals surface area contributed by atoms with Crippen molar-refractivity contribution in [2.75, 3.05) is 17.3 Å². The van der Waals surface area contributed by atoms with E-state index in [4.69, 9.17) is 0 Å². The normalized spacial score (nSPS) is 13.9. The van der Waals surface area contributed by atoms with E-state index in [1.165, 1.54) is 4.90 Å². The minimum absolute atomic E-state index is 0. The standard InChI is InChI=1S/C10H10N2O2.2ClH/c1-12-8-5-3-2-4-7(8)11-9(13)6-10(12)14;;/h2-5H,6H2,1H3,(H,11,13);2*1H. The molecule has 1 aliphatic heterocycles. The van der Waals surface area contributed by atoms with Gasteiger partial charge in [-0.25, -0.2) is 0 Å². The van der Waals surface area contributed by atoms with Crippen molar-refractivity contribution < 1.29 is 9.59 Å². The molecule has 0 bridgehead atoms. The predicted molar refractivity (Wildman–Crippen MR) is 67.6 cm³/mol. The van der Waals surface area contributed by atoms with Gasteiger partial charge in [0.05, 0.1) is 11.4 Å². The van der Waals surface area contributed by atoms with Gasteiger partial charge in [-0.2, -0.15) is 0 Å². The molecule has 16 heavy (non-hydrogen) atoms. The highest BCUT2D eigenvalue weighted by molar-refractivity contribution is 6.14. The minimum atomic E-state index is -0.258. The molecule has 6 heteroatoms. The van der Waals surface area contributed by atoms with Gasteiger partial charge in [0, 0.05) is 7.05 Å². The van der Waals surface area contributed by atoms with Gasteiger partial charge in [0.25, 0.3) is 0 Å². The molecule has 88 valence electrons. The topological polar surface area (TPSA) is 49.4 Å². The lowest BCUT2D eigenvalue weighted by Crippen LogP contribution is -2.26. The van der Waals surface area contributed by atoms with Crippen molar-refractivity contribution >= 4 is 48.0 Å². The summed E-state index contributed by atoms with van der Waals surface area (Å²) >= 11 is 0. The first-order valence-corrected chi connectivity index (χ1v) is 4.34. The number of carbonyl (C=O) groups is 2. The second-order valence-corrected chi connectivity index (χ2v) is 3.19. The Labute approximate surface area is 106 Å². The van der Waals surface area contributed by atoms with Crippen LogP contribution in [0, 0.1) is 0 Å². The average Bonchev–Trinajstić information content (AvgIpc) is 2.26. The Hall–Kier alpha value is -1.26. The van der Waals surface area contributed by atoms with Crippen LogP contribution in [-0.2, 0) is 9.59 Å². The molecular formula is C10H12Cl2N2O2. The third-order valence-corrected chi connectivity index (χ3v) is 2.23. The molecule has 0 aromatic heterocycles. The molecule has 1 aliphatic rings. The highest BCUT2D eigenvalue weighted by Gasteiger charge is 2.22. The fraction of sp³-hybridized carbons (Fsp3) is 0.200. The van der Waals surface area contributed by atoms with Crippen molar-refractivity contribution in [1.82, 2.24) is 0 Å². The van der Waals surface area contributed by atoms with Crippen LogP contribution in [-0.4, -0.2) is 18.9 Å². The number of rotatable bonds is 0. The number of fused-ring (bicyclic) bond motifs is 1. The Bertz CT molecular complexity index is 410. The molecule has 0 saturated heterocycles. The Morgan fingerprint density at radius 2 is 1.81 bits per heavy atom. The average molecular weight is 263 g/mol. The predicted octanol–water partition coefficient (Wildman–Crippen LogP) is 1.84. The molecule has 2 rings (SSSR count). The van der Waals surface area contributed by atoms with Gasteiger partial charge in [-0.15, -0.1) is 24.8 Å². The quantitative estimate of drug-likeness (QED) is 0.726. The molecule has 1 aromatic carbocycles. The number of anilines is 2. The van der Waals surface area contributed by atoms with Crippen LogP contribution in [0.25, 0.3) is 0 Å². The third-order valence-electron chi connectivity index (χ3n) is 2.23. The minimum Gasteiger partial charge on any atom is -0.324 e. The highest BCUT2D eigenvalue weighted by Crippen LogP contribution is 2.27. The van der Waals surface area contributed by atoms with Crippen LogP contribution in [0.1, 0.15) is 6.42 Å². The molecule has 2 amide bonds. The van der Waals surface area contributed by atoms with Crippen molar-refractivity contribution in [3.8, 4) is 0 Å². The smallest absolute Gasteiger partial charge is 0.236 e. The van der Waals surface area contributed by atoms with Crippen molar-refractivity contribution in [2.24, 2.45) is 0 Å². The van der Waals surface area contributed by atoms with Gasteiger partial charge in [0.15, 0.2) is 0 Å². The summed E-state index contributed by atoms with van der Waals surface area (Å²) in [6.45, 7) is 0. The first kappa shape index (κ1) is 14.7. The zero-order chi connectivity index (χ0) is 10.1. The van der Waals surface area contributed by atoms with Crippen LogP contribution in [0.15, 0.2) is 24.3 Å². The number of benzene rings is 1. The lowest BCUT2D eigenvalue weighted by Gasteiger charge is -2.15. The first-order valence-electron chi connectivity index (χ1n) is 4.34. The van der Waals surface area contributed by atoms with Crippen molar-refractivity contribution in [1.29, 1.82) is 0 Å². The van der Waals surface area contributed by atoms with E-state index < -0.39 is 0 Å². The maximum absolute atomic E-state index is 11.5. The Kier molecular flexibility index (Phi) is 5.27. The zero-order valence-electron chi connectivity index (χ0n) is 8.60. The van der Waals surface area contributed by atoms with Gasteiger partial charge in [-0.05, 0) is 12.1 Å². The molecule has 4 nitrogen and oxygen atoms in total. The summed E-state index contributed by atoms with van der Waals surface area (Å²) in [4.78, 5) is 24.2. The summed E-state index contributed by atoms with van der Waals surface area (Å²) in [5.74, 6) is -0.445. The van der Waals surface area contributed by atoms with Crippen molar-refractivity contribution in [3.63, 3.8) is 0 Å². The number of nitrogens with one attached hydrogen (secondary N) is 1. The fourth-order valence-corrected chi connectivity index (χ4v) is 1.46. The van der Waals surface area contributed by atoms with Gasteiger partial charge in [0.1, 0.15) is 6.42 Å². The van der Waals surface area contributed by atoms with Gasteiger partial charge in [0.2, 0.25) is 11.8 Å². The molecule has 1 N–H and O–H groups in total. The van der Waals surface area contributed by atoms with Crippen LogP contribution >= 0.6 is 24.8 Å². The SMILES string of the molecule is CN1C(=O)CC(=O)Nc2ccccc21.Cl.Cl. The second kappa shape index (κ2) is 5.72. The Balaban J connectivity index is 0.00000112. The molecule has 0 aliphatic carbocycles. The van der Waals surface area contributed by atoms with E-state index in [2.05, 4.69) is 5.32 Å². The monoisotopic (exact) mass is 262 g/mol. The van der Waals surface area contributed by atoms with Crippen LogP contribution in [0.3, 0.4) is 0 Å². The molecule has 0 saturated carbocycles. The molecular weight excluding hydrogens is 251 g/mol. The largest absolute Gasteiger partial charge is 0.324 e. The number of carbonyl (C=O) groups excluding carboxylic acids is 2. The lowest BCUT2D eigenvalue weighted by molar-refractivity contribution is -0.124. The summed E-state index contributed by atoms with van der Waals surface area (Å²) < 4.78 is 0. The van der Waals surface area contributed by atoms with Crippen LogP contribution in [0.4, 0.5) is 11.4 Å². The molecule has 1 heterocycles. The second-order valence-electron chi connectivity index (χ2n) is 3.19. The summed E-state index contributed by atoms with van der Waals surface area (Å²) in [5, 5.41) is 2.68. The summed E-state index contributed by atoms with van der Waals surface area (Å²) in [6, 6.07) is 7.24. The molecule has 0 radical (unpaired) electrons. The van der Waals surface area contributed by atoms with E-state index in [1.54, 1.807) is 19.2 Å². The van der Waals surface area contributed by atoms with Gasteiger partial charge >= 0.3 is 0 Å². The molecule has 1 aromatic rings. The number of amides is 2. The Morgan fingerprint density at radius 3 is 2.50 bits per heavy atom. The number of hydrogen-bond donors (Lipinski definition) is 1. The number of para-hydroxylation sites is 2. The summed E-state index contributed by atoms with van der Waals surface area (Å²) in [5.41, 5.74) is 1.43. The van der Waals surface area contributed by atoms with Crippen molar-refractivity contribution in [3.05, 3.63) is 24.3 Å². The van der Waals surface area contributed by atoms with Crippen molar-refractivity contribution in [2.45, 2.75) is 6.42 Å². The van der Waals surface area contributed by atoms with E-state index >= 15 is 0 Å². The summed E-state index contributed by atoms with van der Waals surface area (Å²) in [7, 11) is 1.67. The number of halogens is 2. The summed E-state index contributed by atoms with van der Waals surface area (Å²) in [6.07, 6.45) is -0.0921. The van der Waals surface area contributed by atoms with Gasteiger partial charge in [-0.1, -0.05) is 12.1 Å². The van der Waals surface area contributed by atoms with E-state index in [0.29, 0.717) is 5.69 Å². The van der Waals surface area contributed by atoms with E-state index in [9.17, 15) is 9.59 Å². The molecule has 0 atom stereocenters. The van der Waals surface area contributed by atoms with E-state index in [1.807, 2.05) is 12.1 Å². The molecule has 0 unspecified atom stereocenters. The number of hydrogen-bond acceptors (Lipinski definition) is 2. The van der Waals surface area contributed by atoms with Gasteiger partial charge < -0.3 is 10.2 Å². The van der Waals surface area contributed by atoms with E-state index in [0.717, 1.165) is 5.69 Å². The Morgan fingerprint density at radius 1 is 1.19 bits per heavy atom. The van der Waals surface area contributed by atoms with Crippen LogP contribution in [0.5, 0.6) is 0 Å². The lowest BCUT2D eigenvalue weighted by atomic mass is 10.2. The first-order chi connectivity index (χ1) is 6.68. The maximum Gasteiger partial charge on any atom is 0.236 e. The zero-order valence-corrected chi connectivity index (χ0v) is 10.2. The van der Waals surface area contributed by atoms with Crippen LogP contribution in [0.2, 0.25) is 0 Å². The third kappa shape index (κ3) is 2.65. The number of nitrogens with zero attached hydrogens (tertiary/aromatic N) is 1. The fourth-order valence-electron chi connectivity index (χ4n) is 1.46. The maximum atomic E-state index is 11.5. The highest BCUT2D eigenvalue weighted by atomic mass is 35.5.